The van der Waals surface area contributed by atoms with Crippen LogP contribution in [0, 0.1) is 6.92 Å². The van der Waals surface area contributed by atoms with Crippen LogP contribution in [0.1, 0.15) is 17.5 Å². The second kappa shape index (κ2) is 8.69. The Hall–Kier alpha value is -2.15. The fourth-order valence-electron chi connectivity index (χ4n) is 2.50. The van der Waals surface area contributed by atoms with Gasteiger partial charge in [-0.05, 0) is 30.7 Å². The highest BCUT2D eigenvalue weighted by atomic mass is 35.5. The molecule has 0 aromatic heterocycles. The summed E-state index contributed by atoms with van der Waals surface area (Å²) in [5.41, 5.74) is 2.65. The van der Waals surface area contributed by atoms with Crippen LogP contribution in [0.4, 0.5) is 5.69 Å². The van der Waals surface area contributed by atoms with Gasteiger partial charge < -0.3 is 5.32 Å². The van der Waals surface area contributed by atoms with Crippen LogP contribution in [0.2, 0.25) is 5.02 Å². The molecule has 27 heavy (non-hydrogen) atoms. The quantitative estimate of drug-likeness (QED) is 0.557. The van der Waals surface area contributed by atoms with Gasteiger partial charge in [-0.15, -0.1) is 0 Å². The smallest absolute Gasteiger partial charge is 0.266 e. The number of nitrogens with one attached hydrogen (secondary N) is 1. The lowest BCUT2D eigenvalue weighted by Crippen LogP contribution is -2.31. The molecule has 0 bridgehead atoms. The Kier molecular flexibility index (Phi) is 6.31. The summed E-state index contributed by atoms with van der Waals surface area (Å²) in [5.74, 6) is -0.393. The average molecular weight is 417 g/mol. The first-order valence-corrected chi connectivity index (χ1v) is 9.91. The number of thiocarbonyl (C=S) groups is 1. The topological polar surface area (TPSA) is 49.4 Å². The number of aryl methyl sites for hydroxylation is 1. The molecule has 1 fully saturated rings. The molecule has 4 nitrogen and oxygen atoms in total. The fraction of sp³-hybridized carbons (Fsp3) is 0.150. The van der Waals surface area contributed by atoms with Crippen LogP contribution in [-0.2, 0) is 9.59 Å². The molecular formula is C20H17ClN2O2S2. The van der Waals surface area contributed by atoms with Crippen molar-refractivity contribution in [1.82, 2.24) is 4.90 Å². The highest BCUT2D eigenvalue weighted by Crippen LogP contribution is 2.32. The number of carbonyl (C=O) groups excluding carboxylic acids is 2. The number of rotatable bonds is 5. The third-order valence-corrected chi connectivity index (χ3v) is 5.67. The van der Waals surface area contributed by atoms with Crippen molar-refractivity contribution in [1.29, 1.82) is 0 Å². The highest BCUT2D eigenvalue weighted by Gasteiger charge is 2.32. The molecule has 2 aromatic rings. The van der Waals surface area contributed by atoms with E-state index in [9.17, 15) is 9.59 Å². The first-order chi connectivity index (χ1) is 12.9. The van der Waals surface area contributed by atoms with Gasteiger partial charge in [0.15, 0.2) is 0 Å². The van der Waals surface area contributed by atoms with Gasteiger partial charge in [0, 0.05) is 13.0 Å². The minimum absolute atomic E-state index is 0.134. The molecule has 3 rings (SSSR count). The van der Waals surface area contributed by atoms with Crippen molar-refractivity contribution in [2.24, 2.45) is 0 Å². The molecule has 0 saturated carbocycles. The summed E-state index contributed by atoms with van der Waals surface area (Å²) in [6, 6.07) is 14.9. The Bertz CT molecular complexity index is 926. The molecule has 1 saturated heterocycles. The Morgan fingerprint density at radius 2 is 1.93 bits per heavy atom. The van der Waals surface area contributed by atoms with Crippen LogP contribution in [-0.4, -0.2) is 27.6 Å². The number of hydrogen-bond donors (Lipinski definition) is 1. The third kappa shape index (κ3) is 4.97. The summed E-state index contributed by atoms with van der Waals surface area (Å²) in [4.78, 5) is 26.8. The van der Waals surface area contributed by atoms with Crippen molar-refractivity contribution in [3.63, 3.8) is 0 Å². The number of benzene rings is 2. The lowest BCUT2D eigenvalue weighted by Gasteiger charge is -2.14. The summed E-state index contributed by atoms with van der Waals surface area (Å²) in [5, 5.41) is 3.22. The van der Waals surface area contributed by atoms with Crippen molar-refractivity contribution in [2.45, 2.75) is 13.3 Å². The Balaban J connectivity index is 1.61. The van der Waals surface area contributed by atoms with Crippen molar-refractivity contribution in [3.8, 4) is 0 Å². The molecule has 1 heterocycles. The van der Waals surface area contributed by atoms with Crippen LogP contribution in [0.15, 0.2) is 53.4 Å². The van der Waals surface area contributed by atoms with Crippen molar-refractivity contribution in [2.75, 3.05) is 11.9 Å². The molecular weight excluding hydrogens is 400 g/mol. The van der Waals surface area contributed by atoms with Crippen LogP contribution in [0.3, 0.4) is 0 Å². The number of halogens is 1. The van der Waals surface area contributed by atoms with Gasteiger partial charge in [0.2, 0.25) is 5.91 Å². The lowest BCUT2D eigenvalue weighted by atomic mass is 10.1. The van der Waals surface area contributed by atoms with Gasteiger partial charge >= 0.3 is 0 Å². The van der Waals surface area contributed by atoms with Crippen LogP contribution < -0.4 is 5.32 Å². The zero-order valence-electron chi connectivity index (χ0n) is 14.6. The largest absolute Gasteiger partial charge is 0.325 e. The van der Waals surface area contributed by atoms with E-state index in [0.717, 1.165) is 11.1 Å². The number of carbonyl (C=O) groups is 2. The molecule has 1 N–H and O–H groups in total. The second-order valence-electron chi connectivity index (χ2n) is 6.02. The minimum atomic E-state index is -0.223. The predicted octanol–water partition coefficient (Wildman–Crippen LogP) is 4.88. The zero-order valence-corrected chi connectivity index (χ0v) is 17.0. The van der Waals surface area contributed by atoms with Crippen molar-refractivity contribution in [3.05, 3.63) is 69.6 Å². The molecule has 1 aliphatic rings. The third-order valence-electron chi connectivity index (χ3n) is 3.96. The second-order valence-corrected chi connectivity index (χ2v) is 8.11. The van der Waals surface area contributed by atoms with Crippen LogP contribution >= 0.6 is 35.6 Å². The summed E-state index contributed by atoms with van der Waals surface area (Å²) < 4.78 is 0.462. The molecule has 1 aliphatic heterocycles. The molecule has 0 spiro atoms. The summed E-state index contributed by atoms with van der Waals surface area (Å²) in [7, 11) is 0. The van der Waals surface area contributed by atoms with E-state index in [-0.39, 0.29) is 24.8 Å². The predicted molar refractivity (Wildman–Crippen MR) is 116 cm³/mol. The van der Waals surface area contributed by atoms with Gasteiger partial charge in [0.05, 0.1) is 15.6 Å². The molecule has 138 valence electrons. The van der Waals surface area contributed by atoms with Gasteiger partial charge in [0.25, 0.3) is 5.91 Å². The van der Waals surface area contributed by atoms with E-state index in [0.29, 0.717) is 19.9 Å². The van der Waals surface area contributed by atoms with Gasteiger partial charge in [-0.25, -0.2) is 0 Å². The molecule has 2 aromatic carbocycles. The van der Waals surface area contributed by atoms with Crippen molar-refractivity contribution >= 4 is 63.5 Å². The van der Waals surface area contributed by atoms with Gasteiger partial charge in [-0.1, -0.05) is 77.5 Å². The minimum Gasteiger partial charge on any atom is -0.325 e. The van der Waals surface area contributed by atoms with E-state index in [1.54, 1.807) is 24.3 Å². The van der Waals surface area contributed by atoms with Gasteiger partial charge in [-0.2, -0.15) is 0 Å². The number of para-hydroxylation sites is 1. The fourth-order valence-corrected chi connectivity index (χ4v) is 3.99. The monoisotopic (exact) mass is 416 g/mol. The van der Waals surface area contributed by atoms with Gasteiger partial charge in [0.1, 0.15) is 4.32 Å². The number of hydrogen-bond acceptors (Lipinski definition) is 4. The number of amides is 2. The normalized spacial score (nSPS) is 15.5. The molecule has 0 atom stereocenters. The SMILES string of the molecule is Cc1ccc(/C=C2\SC(=S)N(CCC(=O)Nc3ccccc3Cl)C2=O)cc1. The Labute approximate surface area is 172 Å². The van der Waals surface area contributed by atoms with E-state index in [2.05, 4.69) is 5.32 Å². The molecule has 0 aliphatic carbocycles. The number of nitrogens with zero attached hydrogens (tertiary/aromatic N) is 1. The summed E-state index contributed by atoms with van der Waals surface area (Å²) in [6.45, 7) is 2.24. The van der Waals surface area contributed by atoms with Crippen molar-refractivity contribution < 1.29 is 9.59 Å². The van der Waals surface area contributed by atoms with E-state index in [4.69, 9.17) is 23.8 Å². The summed E-state index contributed by atoms with van der Waals surface area (Å²) in [6.07, 6.45) is 1.96. The Morgan fingerprint density at radius 3 is 2.63 bits per heavy atom. The standard InChI is InChI=1S/C20H17ClN2O2S2/c1-13-6-8-14(9-7-13)12-17-19(25)23(20(26)27-17)11-10-18(24)22-16-5-3-2-4-15(16)21/h2-9,12H,10-11H2,1H3,(H,22,24)/b17-12-. The maximum atomic E-state index is 12.6. The summed E-state index contributed by atoms with van der Waals surface area (Å²) >= 11 is 12.6. The molecule has 7 heteroatoms. The zero-order chi connectivity index (χ0) is 19.4. The number of anilines is 1. The first-order valence-electron chi connectivity index (χ1n) is 8.30. The maximum absolute atomic E-state index is 12.6. The maximum Gasteiger partial charge on any atom is 0.266 e. The van der Waals surface area contributed by atoms with Crippen LogP contribution in [0.5, 0.6) is 0 Å². The lowest BCUT2D eigenvalue weighted by molar-refractivity contribution is -0.122. The molecule has 0 unspecified atom stereocenters. The molecule has 0 radical (unpaired) electrons. The Morgan fingerprint density at radius 1 is 1.22 bits per heavy atom. The highest BCUT2D eigenvalue weighted by molar-refractivity contribution is 8.26. The van der Waals surface area contributed by atoms with E-state index in [1.807, 2.05) is 37.3 Å². The average Bonchev–Trinajstić information content (AvgIpc) is 2.90. The van der Waals surface area contributed by atoms with E-state index >= 15 is 0 Å². The molecule has 2 amide bonds. The number of thioether (sulfide) groups is 1. The first kappa shape index (κ1) is 19.6. The van der Waals surface area contributed by atoms with E-state index in [1.165, 1.54) is 16.7 Å². The van der Waals surface area contributed by atoms with Gasteiger partial charge in [-0.3, -0.25) is 14.5 Å². The van der Waals surface area contributed by atoms with Crippen LogP contribution in [0.25, 0.3) is 6.08 Å². The van der Waals surface area contributed by atoms with E-state index < -0.39 is 0 Å².